The fraction of sp³-hybridized carbons (Fsp3) is 0.429. The monoisotopic (exact) mass is 187 g/mol. The summed E-state index contributed by atoms with van der Waals surface area (Å²) in [6, 6.07) is 0. The zero-order valence-corrected chi connectivity index (χ0v) is 7.63. The fourth-order valence-electron chi connectivity index (χ4n) is 0.761. The van der Waals surface area contributed by atoms with Gasteiger partial charge in [0.2, 0.25) is 6.29 Å². The van der Waals surface area contributed by atoms with E-state index >= 15 is 0 Å². The minimum absolute atomic E-state index is 0.411. The van der Waals surface area contributed by atoms with Crippen molar-refractivity contribution in [3.63, 3.8) is 0 Å². The Labute approximate surface area is 74.1 Å². The van der Waals surface area contributed by atoms with Gasteiger partial charge in [-0.3, -0.25) is 4.79 Å². The first-order chi connectivity index (χ1) is 5.81. The minimum Gasteiger partial charge on any atom is -0.350 e. The highest BCUT2D eigenvalue weighted by molar-refractivity contribution is 7.09. The number of thiazole rings is 1. The second-order valence-corrected chi connectivity index (χ2v) is 2.92. The number of rotatable bonds is 4. The Hall–Kier alpha value is -0.780. The van der Waals surface area contributed by atoms with E-state index in [9.17, 15) is 4.79 Å². The number of carbonyl (C=O) groups is 1. The van der Waals surface area contributed by atoms with Crippen LogP contribution in [0.5, 0.6) is 0 Å². The van der Waals surface area contributed by atoms with Crippen LogP contribution in [0.3, 0.4) is 0 Å². The smallest absolute Gasteiger partial charge is 0.210 e. The van der Waals surface area contributed by atoms with Gasteiger partial charge in [-0.2, -0.15) is 0 Å². The molecule has 1 rings (SSSR count). The average molecular weight is 187 g/mol. The molecular formula is C7H9NO3S. The average Bonchev–Trinajstić information content (AvgIpc) is 2.55. The van der Waals surface area contributed by atoms with Crippen molar-refractivity contribution in [1.82, 2.24) is 4.98 Å². The largest absolute Gasteiger partial charge is 0.350 e. The van der Waals surface area contributed by atoms with Gasteiger partial charge in [0.1, 0.15) is 10.7 Å². The first-order valence-corrected chi connectivity index (χ1v) is 4.16. The summed E-state index contributed by atoms with van der Waals surface area (Å²) in [6.07, 6.45) is 0.228. The number of aromatic nitrogens is 1. The van der Waals surface area contributed by atoms with Gasteiger partial charge < -0.3 is 9.47 Å². The summed E-state index contributed by atoms with van der Waals surface area (Å²) in [5.74, 6) is 0. The van der Waals surface area contributed by atoms with Crippen LogP contribution in [0.2, 0.25) is 0 Å². The molecule has 12 heavy (non-hydrogen) atoms. The molecule has 0 aromatic carbocycles. The van der Waals surface area contributed by atoms with E-state index in [0.717, 1.165) is 0 Å². The van der Waals surface area contributed by atoms with Crippen molar-refractivity contribution in [2.75, 3.05) is 14.2 Å². The molecule has 5 heteroatoms. The number of hydrogen-bond donors (Lipinski definition) is 0. The van der Waals surface area contributed by atoms with Crippen molar-refractivity contribution in [3.05, 3.63) is 16.1 Å². The summed E-state index contributed by atoms with van der Waals surface area (Å²) >= 11 is 1.34. The molecule has 0 radical (unpaired) electrons. The molecule has 0 bridgehead atoms. The van der Waals surface area contributed by atoms with Gasteiger partial charge in [-0.25, -0.2) is 4.98 Å². The Balaban J connectivity index is 2.79. The van der Waals surface area contributed by atoms with Gasteiger partial charge in [0.15, 0.2) is 6.29 Å². The lowest BCUT2D eigenvalue weighted by Crippen LogP contribution is -2.02. The highest BCUT2D eigenvalue weighted by atomic mass is 32.1. The number of nitrogens with zero attached hydrogens (tertiary/aromatic N) is 1. The molecule has 0 saturated carbocycles. The van der Waals surface area contributed by atoms with Crippen LogP contribution in [0.4, 0.5) is 0 Å². The number of ether oxygens (including phenoxy) is 2. The molecule has 1 heterocycles. The van der Waals surface area contributed by atoms with Gasteiger partial charge >= 0.3 is 0 Å². The summed E-state index contributed by atoms with van der Waals surface area (Å²) in [4.78, 5) is 14.3. The van der Waals surface area contributed by atoms with E-state index < -0.39 is 6.29 Å². The molecule has 66 valence electrons. The number of aldehydes is 1. The Kier molecular flexibility index (Phi) is 3.33. The first-order valence-electron chi connectivity index (χ1n) is 3.28. The fourth-order valence-corrected chi connectivity index (χ4v) is 1.57. The molecule has 0 aliphatic rings. The molecule has 0 amide bonds. The molecule has 0 fully saturated rings. The van der Waals surface area contributed by atoms with Gasteiger partial charge in [0.25, 0.3) is 0 Å². The van der Waals surface area contributed by atoms with Gasteiger partial charge in [-0.1, -0.05) is 0 Å². The van der Waals surface area contributed by atoms with E-state index in [0.29, 0.717) is 17.0 Å². The van der Waals surface area contributed by atoms with Gasteiger partial charge in [0.05, 0.1) is 0 Å². The Morgan fingerprint density at radius 1 is 1.58 bits per heavy atom. The standard InChI is InChI=1S/C7H9NO3S/c1-10-7(11-2)6-8-5(3-9)4-12-6/h3-4,7H,1-2H3. The second-order valence-electron chi connectivity index (χ2n) is 2.03. The third-order valence-electron chi connectivity index (χ3n) is 1.29. The number of carbonyl (C=O) groups excluding carboxylic acids is 1. The Morgan fingerprint density at radius 2 is 2.25 bits per heavy atom. The molecule has 0 unspecified atom stereocenters. The van der Waals surface area contributed by atoms with Crippen LogP contribution in [0.25, 0.3) is 0 Å². The predicted molar refractivity (Wildman–Crippen MR) is 44.3 cm³/mol. The van der Waals surface area contributed by atoms with Crippen LogP contribution in [-0.2, 0) is 9.47 Å². The van der Waals surface area contributed by atoms with Crippen molar-refractivity contribution < 1.29 is 14.3 Å². The van der Waals surface area contributed by atoms with Crippen LogP contribution in [-0.4, -0.2) is 25.5 Å². The maximum Gasteiger partial charge on any atom is 0.210 e. The zero-order valence-electron chi connectivity index (χ0n) is 6.81. The van der Waals surface area contributed by atoms with E-state index in [4.69, 9.17) is 9.47 Å². The summed E-state index contributed by atoms with van der Waals surface area (Å²) in [5.41, 5.74) is 0.411. The van der Waals surface area contributed by atoms with Crippen molar-refractivity contribution in [2.45, 2.75) is 6.29 Å². The van der Waals surface area contributed by atoms with Crippen LogP contribution in [0, 0.1) is 0 Å². The molecule has 1 aromatic heterocycles. The van der Waals surface area contributed by atoms with E-state index in [1.807, 2.05) is 0 Å². The predicted octanol–water partition coefficient (Wildman–Crippen LogP) is 1.25. The van der Waals surface area contributed by atoms with Gasteiger partial charge in [-0.05, 0) is 0 Å². The molecule has 4 nitrogen and oxygen atoms in total. The van der Waals surface area contributed by atoms with Gasteiger partial charge in [0, 0.05) is 19.6 Å². The summed E-state index contributed by atoms with van der Waals surface area (Å²) < 4.78 is 9.91. The highest BCUT2D eigenvalue weighted by Crippen LogP contribution is 2.20. The summed E-state index contributed by atoms with van der Waals surface area (Å²) in [5, 5.41) is 2.31. The summed E-state index contributed by atoms with van der Waals surface area (Å²) in [6.45, 7) is 0. The highest BCUT2D eigenvalue weighted by Gasteiger charge is 2.12. The van der Waals surface area contributed by atoms with Crippen molar-refractivity contribution in [2.24, 2.45) is 0 Å². The van der Waals surface area contributed by atoms with Crippen LogP contribution in [0.1, 0.15) is 21.8 Å². The third-order valence-corrected chi connectivity index (χ3v) is 2.17. The number of methoxy groups -OCH3 is 2. The zero-order chi connectivity index (χ0) is 8.97. The SMILES string of the molecule is COC(OC)c1nc(C=O)cs1. The van der Waals surface area contributed by atoms with Crippen LogP contribution in [0.15, 0.2) is 5.38 Å². The molecular weight excluding hydrogens is 178 g/mol. The van der Waals surface area contributed by atoms with Crippen LogP contribution >= 0.6 is 11.3 Å². The molecule has 0 atom stereocenters. The molecule has 0 N–H and O–H groups in total. The topological polar surface area (TPSA) is 48.4 Å². The maximum atomic E-state index is 10.3. The molecule has 0 saturated heterocycles. The van der Waals surface area contributed by atoms with Crippen LogP contribution < -0.4 is 0 Å². The molecule has 0 spiro atoms. The first kappa shape index (κ1) is 9.31. The van der Waals surface area contributed by atoms with E-state index in [2.05, 4.69) is 4.98 Å². The van der Waals surface area contributed by atoms with E-state index in [1.165, 1.54) is 25.6 Å². The molecule has 0 aliphatic carbocycles. The van der Waals surface area contributed by atoms with E-state index in [1.54, 1.807) is 5.38 Å². The normalized spacial score (nSPS) is 10.6. The third kappa shape index (κ3) is 1.88. The Morgan fingerprint density at radius 3 is 2.67 bits per heavy atom. The van der Waals surface area contributed by atoms with Crippen molar-refractivity contribution >= 4 is 17.6 Å². The van der Waals surface area contributed by atoms with Crippen molar-refractivity contribution in [3.8, 4) is 0 Å². The molecule has 1 aromatic rings. The summed E-state index contributed by atoms with van der Waals surface area (Å²) in [7, 11) is 3.05. The molecule has 0 aliphatic heterocycles. The van der Waals surface area contributed by atoms with Gasteiger partial charge in [-0.15, -0.1) is 11.3 Å². The van der Waals surface area contributed by atoms with E-state index in [-0.39, 0.29) is 0 Å². The lowest BCUT2D eigenvalue weighted by molar-refractivity contribution is -0.106. The number of hydrogen-bond acceptors (Lipinski definition) is 5. The minimum atomic E-state index is -0.469. The maximum absolute atomic E-state index is 10.3. The van der Waals surface area contributed by atoms with Crippen molar-refractivity contribution in [1.29, 1.82) is 0 Å². The lowest BCUT2D eigenvalue weighted by atomic mass is 10.5. The second kappa shape index (κ2) is 4.30. The Bertz CT molecular complexity index is 257. The lowest BCUT2D eigenvalue weighted by Gasteiger charge is -2.08. The quantitative estimate of drug-likeness (QED) is 0.525.